The van der Waals surface area contributed by atoms with E-state index < -0.39 is 5.41 Å². The molecule has 0 N–H and O–H groups in total. The lowest BCUT2D eigenvalue weighted by atomic mass is 9.61. The highest BCUT2D eigenvalue weighted by atomic mass is 32.1. The first kappa shape index (κ1) is 33.5. The summed E-state index contributed by atoms with van der Waals surface area (Å²) in [7, 11) is 0. The Labute approximate surface area is 348 Å². The van der Waals surface area contributed by atoms with Crippen molar-refractivity contribution < 1.29 is 0 Å². The predicted molar refractivity (Wildman–Crippen MR) is 251 cm³/mol. The van der Waals surface area contributed by atoms with E-state index in [1.54, 1.807) is 0 Å². The van der Waals surface area contributed by atoms with E-state index in [1.165, 1.54) is 141 Å². The number of anilines is 3. The van der Waals surface area contributed by atoms with Crippen LogP contribution in [0, 0.1) is 0 Å². The summed E-state index contributed by atoms with van der Waals surface area (Å²) >= 11 is 1.88. The van der Waals surface area contributed by atoms with Gasteiger partial charge in [0, 0.05) is 36.9 Å². The predicted octanol–water partition coefficient (Wildman–Crippen LogP) is 16.2. The van der Waals surface area contributed by atoms with E-state index in [9.17, 15) is 0 Å². The van der Waals surface area contributed by atoms with Crippen LogP contribution in [0.15, 0.2) is 182 Å². The third-order valence-corrected chi connectivity index (χ3v) is 15.2. The molecular formula is C57H41NS. The molecule has 2 heteroatoms. The number of rotatable bonds is 4. The van der Waals surface area contributed by atoms with Gasteiger partial charge in [-0.25, -0.2) is 0 Å². The van der Waals surface area contributed by atoms with Crippen molar-refractivity contribution in [2.45, 2.75) is 43.4 Å². The highest BCUT2D eigenvalue weighted by Crippen LogP contribution is 2.63. The molecule has 13 rings (SSSR count). The van der Waals surface area contributed by atoms with E-state index in [0.717, 1.165) is 0 Å². The summed E-state index contributed by atoms with van der Waals surface area (Å²) in [4.78, 5) is 2.52. The molecule has 0 bridgehead atoms. The summed E-state index contributed by atoms with van der Waals surface area (Å²) in [6.07, 6.45) is 6.60. The van der Waals surface area contributed by atoms with Crippen molar-refractivity contribution in [1.82, 2.24) is 0 Å². The maximum absolute atomic E-state index is 2.60. The Morgan fingerprint density at radius 3 is 2.02 bits per heavy atom. The molecular weight excluding hydrogens is 731 g/mol. The van der Waals surface area contributed by atoms with Crippen LogP contribution < -0.4 is 4.90 Å². The smallest absolute Gasteiger partial charge is 0.0726 e. The Hall–Kier alpha value is -6.48. The van der Waals surface area contributed by atoms with E-state index in [1.807, 2.05) is 11.3 Å². The second kappa shape index (κ2) is 12.8. The van der Waals surface area contributed by atoms with Crippen molar-refractivity contribution >= 4 is 70.1 Å². The Balaban J connectivity index is 1.11. The quantitative estimate of drug-likeness (QED) is 0.172. The molecule has 1 atom stereocenters. The lowest BCUT2D eigenvalue weighted by molar-refractivity contribution is 0.443. The molecule has 0 saturated heterocycles. The van der Waals surface area contributed by atoms with Gasteiger partial charge in [0.25, 0.3) is 0 Å². The van der Waals surface area contributed by atoms with Gasteiger partial charge in [-0.15, -0.1) is 11.3 Å². The topological polar surface area (TPSA) is 3.24 Å². The molecule has 0 amide bonds. The zero-order valence-electron chi connectivity index (χ0n) is 32.8. The van der Waals surface area contributed by atoms with Crippen LogP contribution in [-0.4, -0.2) is 0 Å². The molecule has 0 radical (unpaired) electrons. The fraction of sp³-hybridized carbons (Fsp3) is 0.123. The van der Waals surface area contributed by atoms with Crippen molar-refractivity contribution in [2.75, 3.05) is 4.90 Å². The van der Waals surface area contributed by atoms with Crippen LogP contribution in [0.5, 0.6) is 0 Å². The Morgan fingerprint density at radius 2 is 1.08 bits per heavy atom. The summed E-state index contributed by atoms with van der Waals surface area (Å²) in [5.74, 6) is 0.628. The van der Waals surface area contributed by atoms with Crippen molar-refractivity contribution in [3.8, 4) is 22.3 Å². The van der Waals surface area contributed by atoms with Gasteiger partial charge in [0.05, 0.1) is 11.1 Å². The maximum atomic E-state index is 2.60. The van der Waals surface area contributed by atoms with E-state index in [0.29, 0.717) is 5.92 Å². The first-order valence-electron chi connectivity index (χ1n) is 21.4. The second-order valence-electron chi connectivity index (χ2n) is 17.0. The van der Waals surface area contributed by atoms with Crippen molar-refractivity contribution in [2.24, 2.45) is 0 Å². The third-order valence-electron chi connectivity index (χ3n) is 14.0. The number of hydrogen-bond acceptors (Lipinski definition) is 2. The van der Waals surface area contributed by atoms with Gasteiger partial charge in [-0.2, -0.15) is 0 Å². The van der Waals surface area contributed by atoms with Crippen LogP contribution >= 0.6 is 11.3 Å². The van der Waals surface area contributed by atoms with Crippen LogP contribution in [0.25, 0.3) is 64.0 Å². The minimum absolute atomic E-state index is 0.490. The second-order valence-corrected chi connectivity index (χ2v) is 18.1. The highest BCUT2D eigenvalue weighted by molar-refractivity contribution is 7.25. The Kier molecular flexibility index (Phi) is 7.24. The maximum Gasteiger partial charge on any atom is 0.0726 e. The molecule has 1 nitrogen and oxygen atoms in total. The molecule has 3 aliphatic rings. The van der Waals surface area contributed by atoms with E-state index in [-0.39, 0.29) is 0 Å². The van der Waals surface area contributed by atoms with Gasteiger partial charge in [0.15, 0.2) is 0 Å². The largest absolute Gasteiger partial charge is 0.310 e. The monoisotopic (exact) mass is 771 g/mol. The van der Waals surface area contributed by atoms with Crippen molar-refractivity contribution in [3.05, 3.63) is 210 Å². The number of thiophene rings is 1. The first-order valence-corrected chi connectivity index (χ1v) is 22.2. The van der Waals surface area contributed by atoms with E-state index >= 15 is 0 Å². The van der Waals surface area contributed by atoms with Crippen LogP contribution in [0.3, 0.4) is 0 Å². The fourth-order valence-corrected chi connectivity index (χ4v) is 12.6. The van der Waals surface area contributed by atoms with Gasteiger partial charge >= 0.3 is 0 Å². The lowest BCUT2D eigenvalue weighted by Crippen LogP contribution is -2.32. The zero-order chi connectivity index (χ0) is 38.7. The van der Waals surface area contributed by atoms with Crippen LogP contribution in [-0.2, 0) is 5.41 Å². The molecule has 3 aliphatic carbocycles. The molecule has 0 aliphatic heterocycles. The minimum Gasteiger partial charge on any atom is -0.310 e. The summed E-state index contributed by atoms with van der Waals surface area (Å²) in [5.41, 5.74) is 15.5. The Morgan fingerprint density at radius 1 is 0.424 bits per heavy atom. The SMILES string of the molecule is c1ccc2c(c1)-c1ccc(N(c3ccc4c(c3)sc3ccccc34)c3cccc4ccccc34)cc1C21c2ccc(C3CCCCC3)cc2-c2cccc3cccc1c23. The summed E-state index contributed by atoms with van der Waals surface area (Å²) in [6.45, 7) is 0. The van der Waals surface area contributed by atoms with Crippen molar-refractivity contribution in [3.63, 3.8) is 0 Å². The minimum atomic E-state index is -0.490. The van der Waals surface area contributed by atoms with Crippen LogP contribution in [0.2, 0.25) is 0 Å². The van der Waals surface area contributed by atoms with Gasteiger partial charge in [-0.05, 0) is 121 Å². The molecule has 1 heterocycles. The normalized spacial score (nSPS) is 16.8. The molecule has 1 fully saturated rings. The van der Waals surface area contributed by atoms with Crippen LogP contribution in [0.4, 0.5) is 17.1 Å². The van der Waals surface area contributed by atoms with E-state index in [4.69, 9.17) is 0 Å². The number of fused-ring (bicyclic) bond motifs is 13. The van der Waals surface area contributed by atoms with Gasteiger partial charge in [-0.1, -0.05) is 165 Å². The van der Waals surface area contributed by atoms with Gasteiger partial charge < -0.3 is 4.90 Å². The molecule has 59 heavy (non-hydrogen) atoms. The summed E-state index contributed by atoms with van der Waals surface area (Å²) in [5, 5.41) is 7.81. The fourth-order valence-electron chi connectivity index (χ4n) is 11.5. The van der Waals surface area contributed by atoms with Crippen LogP contribution in [0.1, 0.15) is 65.8 Å². The van der Waals surface area contributed by atoms with Gasteiger partial charge in [-0.3, -0.25) is 0 Å². The zero-order valence-corrected chi connectivity index (χ0v) is 33.6. The summed E-state index contributed by atoms with van der Waals surface area (Å²) in [6, 6.07) is 69.7. The first-order chi connectivity index (χ1) is 29.3. The standard InChI is InChI=1S/C57H41NS/c1-2-13-36(14-3-1)39-27-32-50-48(33-39)47-22-10-17-38-18-11-24-51(56(38)47)57(50)49-23-8-6-20-43(49)44-30-28-40(34-52(44)57)58(53-25-12-16-37-15-4-5-19-42(37)53)41-29-31-46-45-21-7-9-26-54(45)59-55(46)35-41/h4-12,15-36H,1-3,13-14H2. The lowest BCUT2D eigenvalue weighted by Gasteiger charge is -2.41. The van der Waals surface area contributed by atoms with E-state index in [2.05, 4.69) is 187 Å². The van der Waals surface area contributed by atoms with Gasteiger partial charge in [0.2, 0.25) is 0 Å². The number of hydrogen-bond donors (Lipinski definition) is 0. The third kappa shape index (κ3) is 4.72. The molecule has 10 aromatic rings. The molecule has 1 aromatic heterocycles. The molecule has 1 unspecified atom stereocenters. The van der Waals surface area contributed by atoms with Gasteiger partial charge in [0.1, 0.15) is 0 Å². The molecule has 1 saturated carbocycles. The summed E-state index contributed by atoms with van der Waals surface area (Å²) < 4.78 is 2.63. The average Bonchev–Trinajstić information content (AvgIpc) is 3.81. The number of nitrogens with zero attached hydrogens (tertiary/aromatic N) is 1. The highest BCUT2D eigenvalue weighted by Gasteiger charge is 2.50. The molecule has 9 aromatic carbocycles. The molecule has 1 spiro atoms. The number of benzene rings is 9. The molecule has 280 valence electrons. The Bertz CT molecular complexity index is 3330. The average molecular weight is 772 g/mol. The van der Waals surface area contributed by atoms with Crippen molar-refractivity contribution in [1.29, 1.82) is 0 Å².